The molecule has 0 atom stereocenters. The van der Waals surface area contributed by atoms with E-state index in [0.29, 0.717) is 5.02 Å². The number of carboxylic acids is 1. The second-order valence-corrected chi connectivity index (χ2v) is 7.20. The van der Waals surface area contributed by atoms with Crippen molar-refractivity contribution in [2.24, 2.45) is 0 Å². The first-order valence-electron chi connectivity index (χ1n) is 6.78. The third kappa shape index (κ3) is 4.13. The Kier molecular flexibility index (Phi) is 5.00. The number of hydrogen-bond donors (Lipinski definition) is 0. The Labute approximate surface area is 146 Å². The van der Waals surface area contributed by atoms with E-state index in [9.17, 15) is 9.90 Å². The molecule has 3 rings (SSSR count). The SMILES string of the molecule is O=C([O-])CS/C(=C\c1cccc(Cl)c1)c1nc2ccccc2s1. The van der Waals surface area contributed by atoms with E-state index in [1.165, 1.54) is 23.1 Å². The summed E-state index contributed by atoms with van der Waals surface area (Å²) in [5.74, 6) is -1.23. The van der Waals surface area contributed by atoms with Gasteiger partial charge in [-0.1, -0.05) is 35.9 Å². The van der Waals surface area contributed by atoms with Crippen molar-refractivity contribution in [2.45, 2.75) is 0 Å². The van der Waals surface area contributed by atoms with E-state index in [0.717, 1.165) is 25.7 Å². The summed E-state index contributed by atoms with van der Waals surface area (Å²) >= 11 is 8.75. The zero-order chi connectivity index (χ0) is 16.2. The van der Waals surface area contributed by atoms with E-state index in [-0.39, 0.29) is 5.75 Å². The van der Waals surface area contributed by atoms with E-state index >= 15 is 0 Å². The molecule has 0 aliphatic heterocycles. The minimum Gasteiger partial charge on any atom is -0.549 e. The number of aliphatic carboxylic acids is 1. The molecule has 3 aromatic rings. The number of aromatic nitrogens is 1. The maximum Gasteiger partial charge on any atom is 0.131 e. The van der Waals surface area contributed by atoms with Crippen molar-refractivity contribution >= 4 is 61.9 Å². The van der Waals surface area contributed by atoms with Gasteiger partial charge in [-0.3, -0.25) is 0 Å². The Hall–Kier alpha value is -1.82. The van der Waals surface area contributed by atoms with Gasteiger partial charge in [-0.15, -0.1) is 23.1 Å². The third-order valence-corrected chi connectivity index (χ3v) is 5.43. The molecule has 0 bridgehead atoms. The van der Waals surface area contributed by atoms with Crippen LogP contribution in [-0.4, -0.2) is 16.7 Å². The monoisotopic (exact) mass is 360 g/mol. The van der Waals surface area contributed by atoms with E-state index in [4.69, 9.17) is 11.6 Å². The zero-order valence-corrected chi connectivity index (χ0v) is 14.3. The Balaban J connectivity index is 2.02. The van der Waals surface area contributed by atoms with Crippen LogP contribution in [0.2, 0.25) is 5.02 Å². The van der Waals surface area contributed by atoms with Gasteiger partial charge in [-0.05, 0) is 35.9 Å². The van der Waals surface area contributed by atoms with Gasteiger partial charge in [0, 0.05) is 15.7 Å². The number of thiazole rings is 1. The molecule has 0 aliphatic rings. The van der Waals surface area contributed by atoms with Crippen LogP contribution >= 0.6 is 34.7 Å². The smallest absolute Gasteiger partial charge is 0.131 e. The summed E-state index contributed by atoms with van der Waals surface area (Å²) in [6.45, 7) is 0. The van der Waals surface area contributed by atoms with Crippen LogP contribution in [0.3, 0.4) is 0 Å². The number of benzene rings is 2. The molecule has 23 heavy (non-hydrogen) atoms. The molecule has 0 amide bonds. The van der Waals surface area contributed by atoms with Gasteiger partial charge in [-0.25, -0.2) is 4.98 Å². The van der Waals surface area contributed by atoms with Crippen LogP contribution in [0, 0.1) is 0 Å². The molecule has 3 nitrogen and oxygen atoms in total. The number of nitrogens with zero attached hydrogens (tertiary/aromatic N) is 1. The normalized spacial score (nSPS) is 11.8. The van der Waals surface area contributed by atoms with E-state index < -0.39 is 5.97 Å². The highest BCUT2D eigenvalue weighted by Gasteiger charge is 2.10. The average molecular weight is 361 g/mol. The number of carbonyl (C=O) groups excluding carboxylic acids is 1. The van der Waals surface area contributed by atoms with E-state index in [1.807, 2.05) is 48.5 Å². The summed E-state index contributed by atoms with van der Waals surface area (Å²) in [5, 5.41) is 12.2. The Morgan fingerprint density at radius 1 is 1.26 bits per heavy atom. The van der Waals surface area contributed by atoms with Crippen molar-refractivity contribution in [2.75, 3.05) is 5.75 Å². The van der Waals surface area contributed by atoms with E-state index in [2.05, 4.69) is 4.98 Å². The van der Waals surface area contributed by atoms with Crippen LogP contribution in [0.4, 0.5) is 0 Å². The Bertz CT molecular complexity index is 856. The van der Waals surface area contributed by atoms with Crippen LogP contribution in [0.1, 0.15) is 10.6 Å². The molecule has 0 aliphatic carbocycles. The zero-order valence-electron chi connectivity index (χ0n) is 11.9. The largest absolute Gasteiger partial charge is 0.549 e. The van der Waals surface area contributed by atoms with Crippen LogP contribution in [0.25, 0.3) is 21.2 Å². The topological polar surface area (TPSA) is 53.0 Å². The lowest BCUT2D eigenvalue weighted by Crippen LogP contribution is -2.24. The van der Waals surface area contributed by atoms with Crippen LogP contribution in [0.5, 0.6) is 0 Å². The molecule has 0 spiro atoms. The predicted molar refractivity (Wildman–Crippen MR) is 96.4 cm³/mol. The van der Waals surface area contributed by atoms with Gasteiger partial charge < -0.3 is 9.90 Å². The number of carbonyl (C=O) groups is 1. The Morgan fingerprint density at radius 3 is 2.83 bits per heavy atom. The fourth-order valence-electron chi connectivity index (χ4n) is 2.03. The van der Waals surface area contributed by atoms with Crippen molar-refractivity contribution in [1.29, 1.82) is 0 Å². The van der Waals surface area contributed by atoms with Crippen molar-refractivity contribution in [3.8, 4) is 0 Å². The summed E-state index contributed by atoms with van der Waals surface area (Å²) in [4.78, 5) is 16.2. The van der Waals surface area contributed by atoms with E-state index in [1.54, 1.807) is 6.07 Å². The lowest BCUT2D eigenvalue weighted by Gasteiger charge is -2.05. The lowest BCUT2D eigenvalue weighted by atomic mass is 10.2. The number of para-hydroxylation sites is 1. The van der Waals surface area contributed by atoms with Gasteiger partial charge in [0.1, 0.15) is 5.01 Å². The summed E-state index contributed by atoms with van der Waals surface area (Å²) in [5.41, 5.74) is 1.80. The second kappa shape index (κ2) is 7.17. The third-order valence-electron chi connectivity index (χ3n) is 3.00. The van der Waals surface area contributed by atoms with Crippen molar-refractivity contribution < 1.29 is 9.90 Å². The average Bonchev–Trinajstić information content (AvgIpc) is 2.95. The number of thioether (sulfide) groups is 1. The molecule has 116 valence electrons. The van der Waals surface area contributed by atoms with Gasteiger partial charge in [0.25, 0.3) is 0 Å². The van der Waals surface area contributed by atoms with Crippen molar-refractivity contribution in [1.82, 2.24) is 4.98 Å². The minimum absolute atomic E-state index is 0.123. The maximum absolute atomic E-state index is 10.8. The molecule has 0 fully saturated rings. The lowest BCUT2D eigenvalue weighted by molar-refractivity contribution is -0.301. The van der Waals surface area contributed by atoms with Crippen LogP contribution in [-0.2, 0) is 4.79 Å². The molecule has 1 aromatic heterocycles. The first-order chi connectivity index (χ1) is 11.1. The van der Waals surface area contributed by atoms with Gasteiger partial charge in [0.15, 0.2) is 0 Å². The van der Waals surface area contributed by atoms with Crippen LogP contribution < -0.4 is 5.11 Å². The first-order valence-corrected chi connectivity index (χ1v) is 8.96. The first kappa shape index (κ1) is 16.1. The molecule has 0 saturated heterocycles. The molecule has 0 radical (unpaired) electrons. The fraction of sp³-hybridized carbons (Fsp3) is 0.0588. The number of hydrogen-bond acceptors (Lipinski definition) is 5. The van der Waals surface area contributed by atoms with Gasteiger partial charge in [0.2, 0.25) is 0 Å². The molecule has 0 unspecified atom stereocenters. The summed E-state index contributed by atoms with van der Waals surface area (Å²) < 4.78 is 1.06. The fourth-order valence-corrected chi connectivity index (χ4v) is 4.07. The number of rotatable bonds is 5. The quantitative estimate of drug-likeness (QED) is 0.691. The molecule has 6 heteroatoms. The molecule has 0 saturated carbocycles. The molecular formula is C17H11ClNO2S2-. The minimum atomic E-state index is -1.10. The number of carboxylic acid groups (broad SMARTS) is 1. The summed E-state index contributed by atoms with van der Waals surface area (Å²) in [7, 11) is 0. The van der Waals surface area contributed by atoms with Crippen molar-refractivity contribution in [3.63, 3.8) is 0 Å². The standard InChI is InChI=1S/C17H12ClNO2S2/c18-12-5-3-4-11(8-12)9-15(22-10-16(20)21)17-19-13-6-1-2-7-14(13)23-17/h1-9H,10H2,(H,20,21)/p-1/b15-9-. The second-order valence-electron chi connectivity index (χ2n) is 4.71. The van der Waals surface area contributed by atoms with Gasteiger partial charge in [-0.2, -0.15) is 0 Å². The van der Waals surface area contributed by atoms with Crippen LogP contribution in [0.15, 0.2) is 48.5 Å². The molecule has 2 aromatic carbocycles. The number of halogens is 1. The highest BCUT2D eigenvalue weighted by Crippen LogP contribution is 2.35. The van der Waals surface area contributed by atoms with Crippen molar-refractivity contribution in [3.05, 3.63) is 64.1 Å². The maximum atomic E-state index is 10.8. The molecule has 0 N–H and O–H groups in total. The van der Waals surface area contributed by atoms with Gasteiger partial charge >= 0.3 is 0 Å². The molecular weight excluding hydrogens is 350 g/mol. The summed E-state index contributed by atoms with van der Waals surface area (Å²) in [6, 6.07) is 15.2. The predicted octanol–water partition coefficient (Wildman–Crippen LogP) is 3.93. The highest BCUT2D eigenvalue weighted by molar-refractivity contribution is 8.09. The molecule has 1 heterocycles. The number of fused-ring (bicyclic) bond motifs is 1. The van der Waals surface area contributed by atoms with Gasteiger partial charge in [0.05, 0.1) is 16.2 Å². The summed E-state index contributed by atoms with van der Waals surface area (Å²) in [6.07, 6.45) is 1.90. The Morgan fingerprint density at radius 2 is 2.09 bits per heavy atom. The highest BCUT2D eigenvalue weighted by atomic mass is 35.5.